The largest absolute Gasteiger partial charge is 0.392 e. The molecule has 2 N–H and O–H groups in total. The van der Waals surface area contributed by atoms with Crippen LogP contribution in [-0.4, -0.2) is 23.9 Å². The van der Waals surface area contributed by atoms with Crippen LogP contribution in [0.1, 0.15) is 32.6 Å². The van der Waals surface area contributed by atoms with E-state index in [9.17, 15) is 0 Å². The Bertz CT molecular complexity index is 100. The van der Waals surface area contributed by atoms with Crippen molar-refractivity contribution in [2.45, 2.75) is 44.8 Å². The smallest absolute Gasteiger partial charge is 0.0790 e. The van der Waals surface area contributed by atoms with E-state index in [1.165, 1.54) is 12.8 Å². The van der Waals surface area contributed by atoms with Gasteiger partial charge < -0.3 is 5.11 Å². The molecule has 1 rings (SSSR count). The second-order valence-electron chi connectivity index (χ2n) is 3.22. The standard InChI is InChI=1S/C8H17NO2/c1-7(10)6-9-11-8-4-2-3-5-8/h7-10H,2-6H2,1H3/t7-/m1/s1. The van der Waals surface area contributed by atoms with Crippen molar-refractivity contribution in [1.82, 2.24) is 5.48 Å². The van der Waals surface area contributed by atoms with E-state index < -0.39 is 0 Å². The van der Waals surface area contributed by atoms with Gasteiger partial charge in [-0.05, 0) is 19.8 Å². The summed E-state index contributed by atoms with van der Waals surface area (Å²) >= 11 is 0. The van der Waals surface area contributed by atoms with Crippen molar-refractivity contribution >= 4 is 0 Å². The second-order valence-corrected chi connectivity index (χ2v) is 3.22. The van der Waals surface area contributed by atoms with Crippen LogP contribution in [0.5, 0.6) is 0 Å². The summed E-state index contributed by atoms with van der Waals surface area (Å²) in [5, 5.41) is 8.88. The fraction of sp³-hybridized carbons (Fsp3) is 1.00. The average Bonchev–Trinajstić information content (AvgIpc) is 2.39. The molecule has 1 atom stereocenters. The minimum Gasteiger partial charge on any atom is -0.392 e. The average molecular weight is 159 g/mol. The van der Waals surface area contributed by atoms with Crippen LogP contribution in [0.2, 0.25) is 0 Å². The number of rotatable bonds is 4. The first-order valence-electron chi connectivity index (χ1n) is 4.35. The van der Waals surface area contributed by atoms with Gasteiger partial charge in [0.25, 0.3) is 0 Å². The highest BCUT2D eigenvalue weighted by molar-refractivity contribution is 4.65. The number of aliphatic hydroxyl groups excluding tert-OH is 1. The van der Waals surface area contributed by atoms with Gasteiger partial charge in [-0.1, -0.05) is 12.8 Å². The van der Waals surface area contributed by atoms with Crippen LogP contribution < -0.4 is 5.48 Å². The SMILES string of the molecule is C[C@@H](O)CNOC1CCCC1. The Labute approximate surface area is 67.7 Å². The van der Waals surface area contributed by atoms with Gasteiger partial charge in [0.2, 0.25) is 0 Å². The Kier molecular flexibility index (Phi) is 3.83. The monoisotopic (exact) mass is 159 g/mol. The Morgan fingerprint density at radius 3 is 2.73 bits per heavy atom. The molecule has 0 amide bonds. The highest BCUT2D eigenvalue weighted by atomic mass is 16.7. The van der Waals surface area contributed by atoms with E-state index in [-0.39, 0.29) is 6.10 Å². The van der Waals surface area contributed by atoms with Crippen molar-refractivity contribution in [2.24, 2.45) is 0 Å². The maximum Gasteiger partial charge on any atom is 0.0790 e. The first-order chi connectivity index (χ1) is 5.29. The van der Waals surface area contributed by atoms with Crippen LogP contribution in [0.3, 0.4) is 0 Å². The summed E-state index contributed by atoms with van der Waals surface area (Å²) in [5.74, 6) is 0. The Balaban J connectivity index is 1.94. The Morgan fingerprint density at radius 1 is 1.55 bits per heavy atom. The highest BCUT2D eigenvalue weighted by Gasteiger charge is 2.15. The first kappa shape index (κ1) is 8.97. The van der Waals surface area contributed by atoms with Crippen molar-refractivity contribution in [2.75, 3.05) is 6.54 Å². The number of hydrogen-bond acceptors (Lipinski definition) is 3. The predicted octanol–water partition coefficient (Wildman–Crippen LogP) is 0.831. The zero-order valence-corrected chi connectivity index (χ0v) is 7.05. The summed E-state index contributed by atoms with van der Waals surface area (Å²) in [6.45, 7) is 2.27. The molecule has 3 nitrogen and oxygen atoms in total. The van der Waals surface area contributed by atoms with E-state index in [4.69, 9.17) is 9.94 Å². The molecule has 1 fully saturated rings. The highest BCUT2D eigenvalue weighted by Crippen LogP contribution is 2.19. The third kappa shape index (κ3) is 3.70. The summed E-state index contributed by atoms with van der Waals surface area (Å²) in [6.07, 6.45) is 4.94. The summed E-state index contributed by atoms with van der Waals surface area (Å²) in [7, 11) is 0. The molecule has 0 unspecified atom stereocenters. The molecule has 1 aliphatic carbocycles. The molecule has 1 saturated carbocycles. The minimum absolute atomic E-state index is 0.323. The molecule has 0 aromatic carbocycles. The Hall–Kier alpha value is -0.120. The van der Waals surface area contributed by atoms with Crippen LogP contribution in [-0.2, 0) is 4.84 Å². The maximum atomic E-state index is 8.88. The molecule has 0 saturated heterocycles. The van der Waals surface area contributed by atoms with E-state index >= 15 is 0 Å². The fourth-order valence-electron chi connectivity index (χ4n) is 1.29. The molecule has 0 aliphatic heterocycles. The zero-order valence-electron chi connectivity index (χ0n) is 7.05. The van der Waals surface area contributed by atoms with Crippen LogP contribution in [0.15, 0.2) is 0 Å². The minimum atomic E-state index is -0.323. The summed E-state index contributed by atoms with van der Waals surface area (Å²) in [4.78, 5) is 5.30. The predicted molar refractivity (Wildman–Crippen MR) is 43.0 cm³/mol. The molecular formula is C8H17NO2. The van der Waals surface area contributed by atoms with Gasteiger partial charge in [0.1, 0.15) is 0 Å². The normalized spacial score (nSPS) is 22.4. The van der Waals surface area contributed by atoms with Gasteiger partial charge in [0.15, 0.2) is 0 Å². The number of hydrogen-bond donors (Lipinski definition) is 2. The van der Waals surface area contributed by atoms with Crippen molar-refractivity contribution in [3.05, 3.63) is 0 Å². The molecule has 0 spiro atoms. The molecule has 0 bridgehead atoms. The van der Waals surface area contributed by atoms with Crippen molar-refractivity contribution < 1.29 is 9.94 Å². The summed E-state index contributed by atoms with van der Waals surface area (Å²) in [6, 6.07) is 0. The quantitative estimate of drug-likeness (QED) is 0.597. The number of aliphatic hydroxyl groups is 1. The van der Waals surface area contributed by atoms with Gasteiger partial charge in [0, 0.05) is 6.54 Å². The Morgan fingerprint density at radius 2 is 2.18 bits per heavy atom. The molecule has 0 aromatic heterocycles. The molecule has 0 radical (unpaired) electrons. The molecule has 3 heteroatoms. The van der Waals surface area contributed by atoms with Crippen molar-refractivity contribution in [3.63, 3.8) is 0 Å². The first-order valence-corrected chi connectivity index (χ1v) is 4.35. The summed E-state index contributed by atoms with van der Waals surface area (Å²) in [5.41, 5.74) is 2.78. The van der Waals surface area contributed by atoms with Gasteiger partial charge in [-0.25, -0.2) is 0 Å². The lowest BCUT2D eigenvalue weighted by Crippen LogP contribution is -2.28. The van der Waals surface area contributed by atoms with Gasteiger partial charge in [0.05, 0.1) is 12.2 Å². The van der Waals surface area contributed by atoms with Crippen LogP contribution in [0.25, 0.3) is 0 Å². The molecule has 1 aliphatic rings. The van der Waals surface area contributed by atoms with Gasteiger partial charge in [-0.3, -0.25) is 4.84 Å². The third-order valence-electron chi connectivity index (χ3n) is 1.93. The maximum absolute atomic E-state index is 8.88. The van der Waals surface area contributed by atoms with Gasteiger partial charge in [-0.15, -0.1) is 0 Å². The number of hydroxylamine groups is 1. The fourth-order valence-corrected chi connectivity index (χ4v) is 1.29. The molecule has 0 heterocycles. The molecule has 66 valence electrons. The topological polar surface area (TPSA) is 41.5 Å². The van der Waals surface area contributed by atoms with E-state index in [0.29, 0.717) is 12.6 Å². The van der Waals surface area contributed by atoms with E-state index in [0.717, 1.165) is 12.8 Å². The van der Waals surface area contributed by atoms with Crippen LogP contribution >= 0.6 is 0 Å². The lowest BCUT2D eigenvalue weighted by molar-refractivity contribution is -0.0346. The lowest BCUT2D eigenvalue weighted by Gasteiger charge is -2.12. The van der Waals surface area contributed by atoms with E-state index in [1.54, 1.807) is 6.92 Å². The molecule has 0 aromatic rings. The van der Waals surface area contributed by atoms with Gasteiger partial charge in [-0.2, -0.15) is 5.48 Å². The molecular weight excluding hydrogens is 142 g/mol. The lowest BCUT2D eigenvalue weighted by atomic mass is 10.3. The summed E-state index contributed by atoms with van der Waals surface area (Å²) < 4.78 is 0. The van der Waals surface area contributed by atoms with Crippen LogP contribution in [0.4, 0.5) is 0 Å². The zero-order chi connectivity index (χ0) is 8.10. The van der Waals surface area contributed by atoms with Crippen LogP contribution in [0, 0.1) is 0 Å². The van der Waals surface area contributed by atoms with E-state index in [1.807, 2.05) is 0 Å². The number of nitrogens with one attached hydrogen (secondary N) is 1. The van der Waals surface area contributed by atoms with Crippen molar-refractivity contribution in [1.29, 1.82) is 0 Å². The third-order valence-corrected chi connectivity index (χ3v) is 1.93. The molecule has 11 heavy (non-hydrogen) atoms. The van der Waals surface area contributed by atoms with Crippen molar-refractivity contribution in [3.8, 4) is 0 Å². The second kappa shape index (κ2) is 4.70. The van der Waals surface area contributed by atoms with Gasteiger partial charge >= 0.3 is 0 Å². The van der Waals surface area contributed by atoms with E-state index in [2.05, 4.69) is 5.48 Å².